The fourth-order valence-corrected chi connectivity index (χ4v) is 1.39. The molecule has 4 heteroatoms. The zero-order chi connectivity index (χ0) is 12.8. The van der Waals surface area contributed by atoms with Crippen LogP contribution in [-0.4, -0.2) is 11.7 Å². The van der Waals surface area contributed by atoms with E-state index < -0.39 is 0 Å². The lowest BCUT2D eigenvalue weighted by Crippen LogP contribution is -2.39. The maximum Gasteiger partial charge on any atom is 0.185 e. The van der Waals surface area contributed by atoms with Crippen molar-refractivity contribution in [2.24, 2.45) is 0 Å². The van der Waals surface area contributed by atoms with Gasteiger partial charge in [-0.3, -0.25) is 10.9 Å². The van der Waals surface area contributed by atoms with E-state index in [0.717, 1.165) is 11.3 Å². The number of aryl methyl sites for hydroxylation is 2. The molecule has 0 radical (unpaired) electrons. The molecule has 0 bridgehead atoms. The minimum atomic E-state index is 0.564. The van der Waals surface area contributed by atoms with Crippen LogP contribution >= 0.6 is 12.2 Å². The maximum atomic E-state index is 5.12. The second-order valence-electron chi connectivity index (χ2n) is 4.21. The van der Waals surface area contributed by atoms with E-state index in [-0.39, 0.29) is 0 Å². The predicted octanol–water partition coefficient (Wildman–Crippen LogP) is 2.67. The Morgan fingerprint density at radius 1 is 1.35 bits per heavy atom. The fraction of sp³-hybridized carbons (Fsp3) is 0.308. The summed E-state index contributed by atoms with van der Waals surface area (Å²) in [5.74, 6) is 0. The van der Waals surface area contributed by atoms with Crippen LogP contribution in [0.2, 0.25) is 0 Å². The first-order valence-corrected chi connectivity index (χ1v) is 5.91. The van der Waals surface area contributed by atoms with Crippen molar-refractivity contribution < 1.29 is 0 Å². The number of rotatable bonds is 4. The van der Waals surface area contributed by atoms with E-state index in [1.165, 1.54) is 11.1 Å². The van der Waals surface area contributed by atoms with Crippen molar-refractivity contribution in [2.45, 2.75) is 20.8 Å². The Bertz CT molecular complexity index is 427. The van der Waals surface area contributed by atoms with Gasteiger partial charge in [-0.1, -0.05) is 24.3 Å². The second-order valence-corrected chi connectivity index (χ2v) is 4.62. The average Bonchev–Trinajstić information content (AvgIpc) is 2.27. The molecule has 1 aromatic carbocycles. The first-order valence-electron chi connectivity index (χ1n) is 5.50. The highest BCUT2D eigenvalue weighted by Gasteiger charge is 1.99. The van der Waals surface area contributed by atoms with Crippen LogP contribution in [0.5, 0.6) is 0 Å². The number of nitrogens with one attached hydrogen (secondary N) is 3. The van der Waals surface area contributed by atoms with Gasteiger partial charge in [-0.05, 0) is 50.2 Å². The highest BCUT2D eigenvalue weighted by molar-refractivity contribution is 7.80. The molecule has 0 aliphatic heterocycles. The van der Waals surface area contributed by atoms with Gasteiger partial charge in [-0.2, -0.15) is 0 Å². The van der Waals surface area contributed by atoms with Gasteiger partial charge in [0.15, 0.2) is 5.11 Å². The van der Waals surface area contributed by atoms with Crippen molar-refractivity contribution in [3.05, 3.63) is 41.5 Å². The van der Waals surface area contributed by atoms with Crippen LogP contribution in [0.1, 0.15) is 18.1 Å². The van der Waals surface area contributed by atoms with Crippen LogP contribution in [0.15, 0.2) is 30.4 Å². The molecule has 0 saturated carbocycles. The molecule has 3 N–H and O–H groups in total. The summed E-state index contributed by atoms with van der Waals surface area (Å²) in [7, 11) is 0. The Morgan fingerprint density at radius 3 is 2.71 bits per heavy atom. The summed E-state index contributed by atoms with van der Waals surface area (Å²) in [6.07, 6.45) is 0. The van der Waals surface area contributed by atoms with Gasteiger partial charge in [-0.15, -0.1) is 0 Å². The Kier molecular flexibility index (Phi) is 4.97. The molecule has 1 rings (SSSR count). The molecule has 3 nitrogen and oxygen atoms in total. The smallest absolute Gasteiger partial charge is 0.185 e. The topological polar surface area (TPSA) is 36.1 Å². The van der Waals surface area contributed by atoms with Crippen molar-refractivity contribution >= 4 is 23.0 Å². The lowest BCUT2D eigenvalue weighted by Gasteiger charge is -2.14. The van der Waals surface area contributed by atoms with Crippen molar-refractivity contribution in [1.29, 1.82) is 0 Å². The number of hydrazine groups is 1. The zero-order valence-electron chi connectivity index (χ0n) is 10.6. The van der Waals surface area contributed by atoms with Gasteiger partial charge in [-0.25, -0.2) is 0 Å². The average molecular weight is 249 g/mol. The molecule has 0 fully saturated rings. The molecule has 0 amide bonds. The highest BCUT2D eigenvalue weighted by atomic mass is 32.1. The molecule has 0 saturated heterocycles. The summed E-state index contributed by atoms with van der Waals surface area (Å²) < 4.78 is 0. The minimum Gasteiger partial charge on any atom is -0.358 e. The molecule has 0 aliphatic carbocycles. The van der Waals surface area contributed by atoms with Crippen molar-refractivity contribution in [2.75, 3.05) is 12.0 Å². The van der Waals surface area contributed by atoms with Crippen molar-refractivity contribution in [3.8, 4) is 0 Å². The first-order chi connectivity index (χ1) is 7.99. The molecular formula is C13H19N3S. The molecular weight excluding hydrogens is 230 g/mol. The molecule has 92 valence electrons. The number of hydrogen-bond donors (Lipinski definition) is 3. The summed E-state index contributed by atoms with van der Waals surface area (Å²) in [4.78, 5) is 0. The number of thiocarbonyl (C=S) groups is 1. The standard InChI is InChI=1S/C13H19N3S/c1-9(2)8-14-13(17)16-15-12-7-10(3)5-6-11(12)4/h5-7,15H,1,8H2,2-4H3,(H2,14,16,17). The molecule has 0 heterocycles. The van der Waals surface area contributed by atoms with E-state index in [2.05, 4.69) is 47.9 Å². The van der Waals surface area contributed by atoms with Gasteiger partial charge < -0.3 is 5.32 Å². The fourth-order valence-electron chi connectivity index (χ4n) is 1.27. The predicted molar refractivity (Wildman–Crippen MR) is 78.1 cm³/mol. The third-order valence-corrected chi connectivity index (χ3v) is 2.50. The summed E-state index contributed by atoms with van der Waals surface area (Å²) in [5, 5.41) is 3.61. The lowest BCUT2D eigenvalue weighted by atomic mass is 10.1. The summed E-state index contributed by atoms with van der Waals surface area (Å²) in [6, 6.07) is 6.23. The van der Waals surface area contributed by atoms with Gasteiger partial charge in [0, 0.05) is 6.54 Å². The van der Waals surface area contributed by atoms with Crippen molar-refractivity contribution in [3.63, 3.8) is 0 Å². The Hall–Kier alpha value is -1.55. The van der Waals surface area contributed by atoms with E-state index in [4.69, 9.17) is 12.2 Å². The van der Waals surface area contributed by atoms with Crippen LogP contribution in [0, 0.1) is 13.8 Å². The highest BCUT2D eigenvalue weighted by Crippen LogP contribution is 2.14. The largest absolute Gasteiger partial charge is 0.358 e. The third-order valence-electron chi connectivity index (χ3n) is 2.25. The van der Waals surface area contributed by atoms with E-state index >= 15 is 0 Å². The SMILES string of the molecule is C=C(C)CNC(=S)NNc1cc(C)ccc1C. The maximum absolute atomic E-state index is 5.12. The first kappa shape index (κ1) is 13.5. The van der Waals surface area contributed by atoms with Crippen LogP contribution in [0.25, 0.3) is 0 Å². The van der Waals surface area contributed by atoms with E-state index in [0.29, 0.717) is 11.7 Å². The Labute approximate surface area is 108 Å². The Morgan fingerprint density at radius 2 is 2.06 bits per heavy atom. The van der Waals surface area contributed by atoms with E-state index in [9.17, 15) is 0 Å². The molecule has 0 unspecified atom stereocenters. The van der Waals surface area contributed by atoms with Crippen LogP contribution in [-0.2, 0) is 0 Å². The van der Waals surface area contributed by atoms with Gasteiger partial charge in [0.1, 0.15) is 0 Å². The molecule has 0 aliphatic rings. The molecule has 0 aromatic heterocycles. The second kappa shape index (κ2) is 6.25. The van der Waals surface area contributed by atoms with Gasteiger partial charge in [0.05, 0.1) is 5.69 Å². The number of benzene rings is 1. The molecule has 0 spiro atoms. The van der Waals surface area contributed by atoms with Crippen LogP contribution < -0.4 is 16.2 Å². The normalized spacial score (nSPS) is 9.59. The summed E-state index contributed by atoms with van der Waals surface area (Å²) in [6.45, 7) is 10.5. The third kappa shape index (κ3) is 4.87. The van der Waals surface area contributed by atoms with Crippen molar-refractivity contribution in [1.82, 2.24) is 10.7 Å². The van der Waals surface area contributed by atoms with E-state index in [1.807, 2.05) is 13.8 Å². The van der Waals surface area contributed by atoms with Gasteiger partial charge in [0.2, 0.25) is 0 Å². The Balaban J connectivity index is 2.47. The van der Waals surface area contributed by atoms with Crippen LogP contribution in [0.3, 0.4) is 0 Å². The van der Waals surface area contributed by atoms with Crippen LogP contribution in [0.4, 0.5) is 5.69 Å². The monoisotopic (exact) mass is 249 g/mol. The lowest BCUT2D eigenvalue weighted by molar-refractivity contribution is 0.943. The minimum absolute atomic E-state index is 0.564. The number of hydrogen-bond acceptors (Lipinski definition) is 2. The molecule has 17 heavy (non-hydrogen) atoms. The zero-order valence-corrected chi connectivity index (χ0v) is 11.4. The van der Waals surface area contributed by atoms with Gasteiger partial charge >= 0.3 is 0 Å². The number of anilines is 1. The molecule has 0 atom stereocenters. The van der Waals surface area contributed by atoms with Gasteiger partial charge in [0.25, 0.3) is 0 Å². The summed E-state index contributed by atoms with van der Waals surface area (Å²) in [5.41, 5.74) is 10.5. The molecule has 1 aromatic rings. The van der Waals surface area contributed by atoms with E-state index in [1.54, 1.807) is 0 Å². The quantitative estimate of drug-likeness (QED) is 0.435. The summed E-state index contributed by atoms with van der Waals surface area (Å²) >= 11 is 5.12.